The summed E-state index contributed by atoms with van der Waals surface area (Å²) in [5.74, 6) is 0.740. The molecule has 28 heavy (non-hydrogen) atoms. The van der Waals surface area contributed by atoms with Gasteiger partial charge in [0.1, 0.15) is 0 Å². The predicted molar refractivity (Wildman–Crippen MR) is 99.2 cm³/mol. The number of nitrogens with zero attached hydrogens (tertiary/aromatic N) is 3. The lowest BCUT2D eigenvalue weighted by molar-refractivity contribution is -0.137. The lowest BCUT2D eigenvalue weighted by atomic mass is 10.1. The van der Waals surface area contributed by atoms with Crippen LogP contribution in [0.5, 0.6) is 0 Å². The highest BCUT2D eigenvalue weighted by molar-refractivity contribution is 5.80. The number of carbonyl (C=O) groups is 1. The van der Waals surface area contributed by atoms with Crippen molar-refractivity contribution in [2.45, 2.75) is 58.2 Å². The van der Waals surface area contributed by atoms with E-state index in [0.29, 0.717) is 29.0 Å². The Morgan fingerprint density at radius 2 is 1.93 bits per heavy atom. The molecule has 0 spiro atoms. The molecule has 1 aromatic carbocycles. The topological polar surface area (TPSA) is 38.1 Å². The van der Waals surface area contributed by atoms with Crippen LogP contribution in [0, 0.1) is 19.8 Å². The van der Waals surface area contributed by atoms with Gasteiger partial charge >= 0.3 is 6.18 Å². The fourth-order valence-electron chi connectivity index (χ4n) is 3.67. The van der Waals surface area contributed by atoms with E-state index in [0.717, 1.165) is 37.1 Å². The van der Waals surface area contributed by atoms with Gasteiger partial charge in [0.15, 0.2) is 0 Å². The van der Waals surface area contributed by atoms with E-state index in [-0.39, 0.29) is 12.3 Å². The third-order valence-electron chi connectivity index (χ3n) is 5.65. The molecule has 0 bridgehead atoms. The molecule has 0 radical (unpaired) electrons. The first-order valence-electron chi connectivity index (χ1n) is 9.76. The van der Waals surface area contributed by atoms with Gasteiger partial charge in [-0.15, -0.1) is 0 Å². The second-order valence-electron chi connectivity index (χ2n) is 8.01. The average Bonchev–Trinajstić information content (AvgIpc) is 3.54. The summed E-state index contributed by atoms with van der Waals surface area (Å²) in [6, 6.07) is 5.49. The van der Waals surface area contributed by atoms with E-state index in [2.05, 4.69) is 5.10 Å². The molecule has 7 heteroatoms. The smallest absolute Gasteiger partial charge is 0.339 e. The minimum absolute atomic E-state index is 0.101. The van der Waals surface area contributed by atoms with Crippen LogP contribution >= 0.6 is 0 Å². The number of hydrogen-bond donors (Lipinski definition) is 0. The van der Waals surface area contributed by atoms with Gasteiger partial charge in [-0.1, -0.05) is 6.07 Å². The summed E-state index contributed by atoms with van der Waals surface area (Å²) in [5, 5.41) is 4.43. The van der Waals surface area contributed by atoms with Crippen LogP contribution in [0.3, 0.4) is 0 Å². The quantitative estimate of drug-likeness (QED) is 0.730. The molecule has 4 nitrogen and oxygen atoms in total. The molecule has 2 fully saturated rings. The third kappa shape index (κ3) is 3.93. The zero-order chi connectivity index (χ0) is 20.1. The molecular weight excluding hydrogens is 367 g/mol. The van der Waals surface area contributed by atoms with Crippen molar-refractivity contribution in [3.05, 3.63) is 46.8 Å². The molecule has 2 saturated carbocycles. The number of aryl methyl sites for hydroxylation is 1. The Labute approximate surface area is 162 Å². The number of aromatic nitrogens is 2. The van der Waals surface area contributed by atoms with Crippen molar-refractivity contribution in [3.8, 4) is 5.69 Å². The highest BCUT2D eigenvalue weighted by Crippen LogP contribution is 2.35. The SMILES string of the molecule is Cc1nn(-c2cccc(C(F)(F)F)c2)c(C)c1CC(=O)N(CC1CC1)C1CC1. The Morgan fingerprint density at radius 1 is 1.21 bits per heavy atom. The Kier molecular flexibility index (Phi) is 4.71. The molecule has 2 aromatic rings. The van der Waals surface area contributed by atoms with Gasteiger partial charge in [-0.2, -0.15) is 18.3 Å². The fourth-order valence-corrected chi connectivity index (χ4v) is 3.67. The maximum absolute atomic E-state index is 13.0. The van der Waals surface area contributed by atoms with Crippen molar-refractivity contribution < 1.29 is 18.0 Å². The molecular formula is C21H24F3N3O. The van der Waals surface area contributed by atoms with Crippen molar-refractivity contribution >= 4 is 5.91 Å². The molecule has 1 amide bonds. The minimum Gasteiger partial charge on any atom is -0.339 e. The molecule has 1 aromatic heterocycles. The first-order valence-corrected chi connectivity index (χ1v) is 9.76. The van der Waals surface area contributed by atoms with Crippen molar-refractivity contribution in [2.75, 3.05) is 6.54 Å². The van der Waals surface area contributed by atoms with Gasteiger partial charge in [0.2, 0.25) is 5.91 Å². The van der Waals surface area contributed by atoms with Crippen LogP contribution in [0.2, 0.25) is 0 Å². The Morgan fingerprint density at radius 3 is 2.54 bits per heavy atom. The second-order valence-corrected chi connectivity index (χ2v) is 8.01. The summed E-state index contributed by atoms with van der Waals surface area (Å²) in [5.41, 5.74) is 1.85. The highest BCUT2D eigenvalue weighted by Gasteiger charge is 2.37. The van der Waals surface area contributed by atoms with Crippen LogP contribution in [-0.2, 0) is 17.4 Å². The van der Waals surface area contributed by atoms with Crippen molar-refractivity contribution in [1.29, 1.82) is 0 Å². The molecule has 0 N–H and O–H groups in total. The van der Waals surface area contributed by atoms with Crippen LogP contribution in [0.25, 0.3) is 5.69 Å². The zero-order valence-corrected chi connectivity index (χ0v) is 16.1. The van der Waals surface area contributed by atoms with E-state index in [1.807, 2.05) is 18.7 Å². The zero-order valence-electron chi connectivity index (χ0n) is 16.1. The van der Waals surface area contributed by atoms with Gasteiger partial charge in [0.25, 0.3) is 0 Å². The fraction of sp³-hybridized carbons (Fsp3) is 0.524. The van der Waals surface area contributed by atoms with Gasteiger partial charge < -0.3 is 4.90 Å². The summed E-state index contributed by atoms with van der Waals surface area (Å²) in [6.07, 6.45) is 0.377. The maximum Gasteiger partial charge on any atom is 0.416 e. The Bertz CT molecular complexity index is 895. The van der Waals surface area contributed by atoms with Crippen LogP contribution in [0.4, 0.5) is 13.2 Å². The van der Waals surface area contributed by atoms with E-state index in [1.165, 1.54) is 23.6 Å². The van der Waals surface area contributed by atoms with Crippen LogP contribution < -0.4 is 0 Å². The van der Waals surface area contributed by atoms with Crippen LogP contribution in [-0.4, -0.2) is 33.2 Å². The van der Waals surface area contributed by atoms with Crippen LogP contribution in [0.1, 0.15) is 48.2 Å². The molecule has 0 aliphatic heterocycles. The number of benzene rings is 1. The molecule has 150 valence electrons. The normalized spacial score (nSPS) is 17.0. The summed E-state index contributed by atoms with van der Waals surface area (Å²) >= 11 is 0. The van der Waals surface area contributed by atoms with Crippen molar-refractivity contribution in [2.24, 2.45) is 5.92 Å². The van der Waals surface area contributed by atoms with Crippen molar-refractivity contribution in [1.82, 2.24) is 14.7 Å². The largest absolute Gasteiger partial charge is 0.416 e. The number of carbonyl (C=O) groups excluding carboxylic acids is 1. The van der Waals surface area contributed by atoms with Crippen molar-refractivity contribution in [3.63, 3.8) is 0 Å². The number of alkyl halides is 3. The maximum atomic E-state index is 13.0. The van der Waals surface area contributed by atoms with E-state index in [9.17, 15) is 18.0 Å². The lowest BCUT2D eigenvalue weighted by Crippen LogP contribution is -2.36. The number of hydrogen-bond acceptors (Lipinski definition) is 2. The van der Waals surface area contributed by atoms with E-state index < -0.39 is 11.7 Å². The summed E-state index contributed by atoms with van der Waals surface area (Å²) in [4.78, 5) is 14.9. The summed E-state index contributed by atoms with van der Waals surface area (Å²) in [6.45, 7) is 4.46. The third-order valence-corrected chi connectivity index (χ3v) is 5.65. The Hall–Kier alpha value is -2.31. The number of halogens is 3. The van der Waals surface area contributed by atoms with Gasteiger partial charge in [-0.25, -0.2) is 4.68 Å². The van der Waals surface area contributed by atoms with E-state index in [1.54, 1.807) is 6.07 Å². The number of amides is 1. The first-order chi connectivity index (χ1) is 13.2. The van der Waals surface area contributed by atoms with Crippen LogP contribution in [0.15, 0.2) is 24.3 Å². The molecule has 4 rings (SSSR count). The molecule has 1 heterocycles. The lowest BCUT2D eigenvalue weighted by Gasteiger charge is -2.22. The molecule has 0 atom stereocenters. The first kappa shape index (κ1) is 19.0. The van der Waals surface area contributed by atoms with Gasteiger partial charge in [0, 0.05) is 23.8 Å². The molecule has 0 saturated heterocycles. The monoisotopic (exact) mass is 391 g/mol. The second kappa shape index (κ2) is 6.94. The molecule has 2 aliphatic carbocycles. The highest BCUT2D eigenvalue weighted by atomic mass is 19.4. The summed E-state index contributed by atoms with van der Waals surface area (Å²) < 4.78 is 40.6. The van der Waals surface area contributed by atoms with Gasteiger partial charge in [-0.05, 0) is 63.6 Å². The van der Waals surface area contributed by atoms with Gasteiger partial charge in [0.05, 0.1) is 23.4 Å². The standard InChI is InChI=1S/C21H24F3N3O/c1-13-19(11-20(28)26(17-8-9-17)12-15-6-7-15)14(2)27(25-13)18-5-3-4-16(10-18)21(22,23)24/h3-5,10,15,17H,6-9,11-12H2,1-2H3. The predicted octanol–water partition coefficient (Wildman–Crippen LogP) is 4.45. The molecule has 0 unspecified atom stereocenters. The Balaban J connectivity index is 1.58. The number of rotatable bonds is 6. The molecule has 2 aliphatic rings. The average molecular weight is 391 g/mol. The summed E-state index contributed by atoms with van der Waals surface area (Å²) in [7, 11) is 0. The van der Waals surface area contributed by atoms with E-state index in [4.69, 9.17) is 0 Å². The van der Waals surface area contributed by atoms with E-state index >= 15 is 0 Å². The minimum atomic E-state index is -4.40. The van der Waals surface area contributed by atoms with Gasteiger partial charge in [-0.3, -0.25) is 4.79 Å².